The molecule has 0 aliphatic rings. The van der Waals surface area contributed by atoms with Crippen LogP contribution in [0.4, 0.5) is 0 Å². The van der Waals surface area contributed by atoms with Crippen LogP contribution < -0.4 is 21.5 Å². The van der Waals surface area contributed by atoms with E-state index in [0.29, 0.717) is 0 Å². The van der Waals surface area contributed by atoms with E-state index in [0.717, 1.165) is 13.1 Å². The van der Waals surface area contributed by atoms with Crippen molar-refractivity contribution in [3.63, 3.8) is 0 Å². The molecule has 0 fully saturated rings. The lowest BCUT2D eigenvalue weighted by Crippen LogP contribution is -3.00. The van der Waals surface area contributed by atoms with Gasteiger partial charge in [0, 0.05) is 34.5 Å². The second-order valence-corrected chi connectivity index (χ2v) is 5.82. The van der Waals surface area contributed by atoms with Crippen molar-refractivity contribution in [2.75, 3.05) is 0 Å². The van der Waals surface area contributed by atoms with Gasteiger partial charge in [-0.15, -0.1) is 6.58 Å². The first kappa shape index (κ1) is 16.5. The van der Waals surface area contributed by atoms with Gasteiger partial charge in [-0.05, 0) is 6.07 Å². The van der Waals surface area contributed by atoms with Gasteiger partial charge in [0.25, 0.3) is 0 Å². The van der Waals surface area contributed by atoms with Gasteiger partial charge in [-0.3, -0.25) is 0 Å². The van der Waals surface area contributed by atoms with E-state index in [1.165, 1.54) is 27.4 Å². The summed E-state index contributed by atoms with van der Waals surface area (Å²) in [6.45, 7) is 5.61. The number of pyridine rings is 1. The Labute approximate surface area is 152 Å². The quantitative estimate of drug-likeness (QED) is 0.374. The van der Waals surface area contributed by atoms with Crippen LogP contribution in [0.15, 0.2) is 85.7 Å². The van der Waals surface area contributed by atoms with Crippen molar-refractivity contribution in [3.8, 4) is 0 Å². The molecule has 0 radical (unpaired) electrons. The van der Waals surface area contributed by atoms with Gasteiger partial charge in [-0.25, -0.2) is 0 Å². The molecule has 0 bridgehead atoms. The van der Waals surface area contributed by atoms with Gasteiger partial charge in [0.2, 0.25) is 0 Å². The van der Waals surface area contributed by atoms with Crippen LogP contribution in [0.5, 0.6) is 0 Å². The summed E-state index contributed by atoms with van der Waals surface area (Å²) in [4.78, 5) is 0. The second-order valence-electron chi connectivity index (χ2n) is 5.82. The van der Waals surface area contributed by atoms with Crippen molar-refractivity contribution < 1.29 is 21.5 Å². The van der Waals surface area contributed by atoms with Crippen LogP contribution in [0.25, 0.3) is 21.8 Å². The highest BCUT2D eigenvalue weighted by molar-refractivity contribution is 6.07. The molecular weight excluding hydrogens is 360 g/mol. The third-order valence-corrected chi connectivity index (χ3v) is 4.29. The Bertz CT molecular complexity index is 987. The highest BCUT2D eigenvalue weighted by atomic mass is 79.9. The molecule has 4 rings (SSSR count). The maximum absolute atomic E-state index is 3.91. The average Bonchev–Trinajstić information content (AvgIpc) is 2.90. The number of nitrogens with zero attached hydrogens (tertiary/aromatic N) is 2. The number of rotatable bonds is 4. The molecule has 2 nitrogen and oxygen atoms in total. The average molecular weight is 379 g/mol. The highest BCUT2D eigenvalue weighted by Gasteiger charge is 2.13. The summed E-state index contributed by atoms with van der Waals surface area (Å²) in [5, 5.41) is 2.60. The molecule has 0 aliphatic carbocycles. The minimum Gasteiger partial charge on any atom is -1.00 e. The number of hydrogen-bond acceptors (Lipinski definition) is 0. The Kier molecular flexibility index (Phi) is 4.81. The molecule has 2 aromatic heterocycles. The first-order valence-corrected chi connectivity index (χ1v) is 7.91. The van der Waals surface area contributed by atoms with Crippen molar-refractivity contribution in [2.45, 2.75) is 13.1 Å². The van der Waals surface area contributed by atoms with E-state index in [4.69, 9.17) is 0 Å². The van der Waals surface area contributed by atoms with E-state index < -0.39 is 0 Å². The standard InChI is InChI=1S/C21H19N2.BrH/c1-2-13-23-20-11-7-6-10-18(20)19-12-14-22(16-21(19)23)15-17-8-4-3-5-9-17;/h2-12,14,16H,1,13,15H2;1H/q+1;/p-1. The van der Waals surface area contributed by atoms with Crippen LogP contribution in [0.1, 0.15) is 5.56 Å². The Morgan fingerprint density at radius 3 is 2.38 bits per heavy atom. The molecule has 120 valence electrons. The number of hydrogen-bond donors (Lipinski definition) is 0. The normalized spacial score (nSPS) is 10.7. The van der Waals surface area contributed by atoms with Crippen molar-refractivity contribution in [2.24, 2.45) is 0 Å². The van der Waals surface area contributed by atoms with Gasteiger partial charge >= 0.3 is 0 Å². The van der Waals surface area contributed by atoms with Gasteiger partial charge in [-0.1, -0.05) is 54.6 Å². The minimum atomic E-state index is 0. The molecule has 0 N–H and O–H groups in total. The smallest absolute Gasteiger partial charge is 0.193 e. The van der Waals surface area contributed by atoms with Gasteiger partial charge < -0.3 is 21.5 Å². The predicted molar refractivity (Wildman–Crippen MR) is 95.4 cm³/mol. The molecule has 0 spiro atoms. The second kappa shape index (κ2) is 7.02. The fraction of sp³-hybridized carbons (Fsp3) is 0.0952. The molecule has 2 heterocycles. The number of aromatic nitrogens is 2. The van der Waals surface area contributed by atoms with Crippen LogP contribution in [0, 0.1) is 0 Å². The number of fused-ring (bicyclic) bond motifs is 3. The monoisotopic (exact) mass is 378 g/mol. The SMILES string of the molecule is C=CCn1c2ccccc2c2cc[n+](Cc3ccccc3)cc21.[Br-]. The van der Waals surface area contributed by atoms with Crippen molar-refractivity contribution >= 4 is 21.8 Å². The molecule has 0 unspecified atom stereocenters. The van der Waals surface area contributed by atoms with E-state index >= 15 is 0 Å². The van der Waals surface area contributed by atoms with Crippen LogP contribution >= 0.6 is 0 Å². The van der Waals surface area contributed by atoms with Crippen LogP contribution in [-0.2, 0) is 13.1 Å². The summed E-state index contributed by atoms with van der Waals surface area (Å²) in [7, 11) is 0. The van der Waals surface area contributed by atoms with E-state index in [9.17, 15) is 0 Å². The molecule has 2 aromatic carbocycles. The summed E-state index contributed by atoms with van der Waals surface area (Å²) in [6, 6.07) is 21.3. The van der Waals surface area contributed by atoms with Crippen LogP contribution in [0.2, 0.25) is 0 Å². The lowest BCUT2D eigenvalue weighted by atomic mass is 10.2. The Morgan fingerprint density at radius 1 is 0.875 bits per heavy atom. The summed E-state index contributed by atoms with van der Waals surface area (Å²) >= 11 is 0. The maximum atomic E-state index is 3.91. The Hall–Kier alpha value is -2.39. The summed E-state index contributed by atoms with van der Waals surface area (Å²) in [6.07, 6.45) is 6.37. The van der Waals surface area contributed by atoms with Crippen molar-refractivity contribution in [3.05, 3.63) is 91.3 Å². The summed E-state index contributed by atoms with van der Waals surface area (Å²) in [5.41, 5.74) is 3.83. The maximum Gasteiger partial charge on any atom is 0.193 e. The first-order chi connectivity index (χ1) is 11.4. The number of para-hydroxylation sites is 1. The number of allylic oxidation sites excluding steroid dienone is 1. The Balaban J connectivity index is 0.00000169. The van der Waals surface area contributed by atoms with Gasteiger partial charge in [-0.2, -0.15) is 4.57 Å². The van der Waals surface area contributed by atoms with E-state index in [-0.39, 0.29) is 17.0 Å². The topological polar surface area (TPSA) is 8.81 Å². The number of benzene rings is 2. The van der Waals surface area contributed by atoms with Gasteiger partial charge in [0.1, 0.15) is 5.52 Å². The van der Waals surface area contributed by atoms with Crippen LogP contribution in [0.3, 0.4) is 0 Å². The van der Waals surface area contributed by atoms with Crippen LogP contribution in [-0.4, -0.2) is 4.57 Å². The molecule has 0 saturated heterocycles. The lowest BCUT2D eigenvalue weighted by molar-refractivity contribution is -0.687. The molecule has 0 aliphatic heterocycles. The first-order valence-electron chi connectivity index (χ1n) is 7.91. The number of halogens is 1. The fourth-order valence-electron chi connectivity index (χ4n) is 3.25. The third-order valence-electron chi connectivity index (χ3n) is 4.29. The molecule has 0 atom stereocenters. The molecule has 0 saturated carbocycles. The van der Waals surface area contributed by atoms with Crippen molar-refractivity contribution in [1.29, 1.82) is 0 Å². The van der Waals surface area contributed by atoms with Gasteiger partial charge in [0.05, 0.1) is 0 Å². The predicted octanol–water partition coefficient (Wildman–Crippen LogP) is 1.32. The molecule has 24 heavy (non-hydrogen) atoms. The highest BCUT2D eigenvalue weighted by Crippen LogP contribution is 2.27. The van der Waals surface area contributed by atoms with E-state index in [1.54, 1.807) is 0 Å². The minimum absolute atomic E-state index is 0. The third kappa shape index (κ3) is 2.87. The van der Waals surface area contributed by atoms with Gasteiger partial charge in [0.15, 0.2) is 18.9 Å². The van der Waals surface area contributed by atoms with E-state index in [1.807, 2.05) is 6.08 Å². The fourth-order valence-corrected chi connectivity index (χ4v) is 3.25. The van der Waals surface area contributed by atoms with Crippen molar-refractivity contribution in [1.82, 2.24) is 4.57 Å². The Morgan fingerprint density at radius 2 is 1.58 bits per heavy atom. The lowest BCUT2D eigenvalue weighted by Gasteiger charge is -2.03. The molecule has 0 amide bonds. The summed E-state index contributed by atoms with van der Waals surface area (Å²) in [5.74, 6) is 0. The zero-order valence-electron chi connectivity index (χ0n) is 13.4. The molecule has 3 heteroatoms. The summed E-state index contributed by atoms with van der Waals surface area (Å²) < 4.78 is 4.58. The molecular formula is C21H19BrN2. The zero-order chi connectivity index (χ0) is 15.6. The van der Waals surface area contributed by atoms with E-state index in [2.05, 4.69) is 88.8 Å². The molecule has 4 aromatic rings. The zero-order valence-corrected chi connectivity index (χ0v) is 15.0. The largest absolute Gasteiger partial charge is 1.00 e.